The van der Waals surface area contributed by atoms with E-state index in [9.17, 15) is 14.0 Å². The Bertz CT molecular complexity index is 1410. The van der Waals surface area contributed by atoms with Crippen molar-refractivity contribution in [2.24, 2.45) is 13.0 Å². The van der Waals surface area contributed by atoms with Crippen molar-refractivity contribution in [1.82, 2.24) is 19.7 Å². The fourth-order valence-electron chi connectivity index (χ4n) is 4.24. The average molecular weight is 467 g/mol. The molecule has 0 aromatic carbocycles. The number of aromatic nitrogens is 4. The van der Waals surface area contributed by atoms with Crippen LogP contribution in [0, 0.1) is 5.92 Å². The lowest BCUT2D eigenvalue weighted by molar-refractivity contribution is -0.117. The second-order valence-corrected chi connectivity index (χ2v) is 8.64. The number of hydrogen-bond donors (Lipinski definition) is 2. The molecule has 0 unspecified atom stereocenters. The molecule has 2 N–H and O–H groups in total. The minimum Gasteiger partial charge on any atom is -0.364 e. The first-order valence-corrected chi connectivity index (χ1v) is 10.9. The number of amides is 1. The molecule has 1 aliphatic heterocycles. The molecular formula is C24H26FN7O2. The van der Waals surface area contributed by atoms with E-state index in [0.29, 0.717) is 5.82 Å². The molecule has 0 radical (unpaired) electrons. The number of carbonyl (C=O) groups excluding carboxylic acids is 2. The number of anilines is 4. The van der Waals surface area contributed by atoms with Crippen LogP contribution in [0.2, 0.25) is 0 Å². The lowest BCUT2D eigenvalue weighted by atomic mass is 9.96. The number of nitrogens with zero attached hydrogens (tertiary/aromatic N) is 5. The highest BCUT2D eigenvalue weighted by Gasteiger charge is 2.43. The number of fused-ring (bicyclic) bond motifs is 3. The number of hydrogen-bond acceptors (Lipinski definition) is 7. The number of nitrogens with one attached hydrogen (secondary N) is 2. The molecule has 34 heavy (non-hydrogen) atoms. The smallest absolute Gasteiger partial charge is 0.231 e. The van der Waals surface area contributed by atoms with Gasteiger partial charge in [0, 0.05) is 60.4 Å². The molecule has 5 rings (SSSR count). The van der Waals surface area contributed by atoms with E-state index in [1.165, 1.54) is 12.3 Å². The third-order valence-electron chi connectivity index (χ3n) is 6.34. The summed E-state index contributed by atoms with van der Waals surface area (Å²) < 4.78 is 37.6. The molecule has 10 heteroatoms. The normalized spacial score (nSPS) is 22.1. The molecule has 0 bridgehead atoms. The van der Waals surface area contributed by atoms with E-state index in [-0.39, 0.29) is 29.5 Å². The average Bonchev–Trinajstić information content (AvgIpc) is 3.42. The van der Waals surface area contributed by atoms with E-state index in [0.717, 1.165) is 22.5 Å². The van der Waals surface area contributed by atoms with Crippen molar-refractivity contribution in [1.29, 1.82) is 0 Å². The summed E-state index contributed by atoms with van der Waals surface area (Å²) in [4.78, 5) is 35.8. The van der Waals surface area contributed by atoms with Gasteiger partial charge in [0.05, 0.1) is 34.6 Å². The fourth-order valence-corrected chi connectivity index (χ4v) is 4.24. The second kappa shape index (κ2) is 8.19. The summed E-state index contributed by atoms with van der Waals surface area (Å²) in [5.74, 6) is -1.34. The van der Waals surface area contributed by atoms with Crippen LogP contribution in [0.15, 0.2) is 30.7 Å². The van der Waals surface area contributed by atoms with Gasteiger partial charge in [-0.3, -0.25) is 14.3 Å². The largest absolute Gasteiger partial charge is 0.364 e. The SMILES string of the molecule is [2H]C([2H])([2H])CC(=O)c1cnc(NC(=O)[C@H]2C[C@H]2F)cc1Nc1nccc2c1N(C)[C@H](C)c1cn(C)nc1-2. The molecular weight excluding hydrogens is 437 g/mol. The highest BCUT2D eigenvalue weighted by Crippen LogP contribution is 2.46. The van der Waals surface area contributed by atoms with Crippen molar-refractivity contribution in [3.8, 4) is 11.3 Å². The Morgan fingerprint density at radius 1 is 1.32 bits per heavy atom. The quantitative estimate of drug-likeness (QED) is 0.529. The van der Waals surface area contributed by atoms with Crippen LogP contribution in [0.1, 0.15) is 52.7 Å². The van der Waals surface area contributed by atoms with Crippen LogP contribution in [0.25, 0.3) is 11.3 Å². The van der Waals surface area contributed by atoms with E-state index in [2.05, 4.69) is 25.7 Å². The maximum Gasteiger partial charge on any atom is 0.231 e. The van der Waals surface area contributed by atoms with E-state index in [4.69, 9.17) is 4.11 Å². The van der Waals surface area contributed by atoms with Gasteiger partial charge in [-0.1, -0.05) is 6.85 Å². The first-order valence-electron chi connectivity index (χ1n) is 12.4. The second-order valence-electron chi connectivity index (χ2n) is 8.64. The van der Waals surface area contributed by atoms with Crippen LogP contribution in [0.5, 0.6) is 0 Å². The van der Waals surface area contributed by atoms with Gasteiger partial charge in [0.25, 0.3) is 0 Å². The van der Waals surface area contributed by atoms with Gasteiger partial charge in [-0.2, -0.15) is 5.10 Å². The van der Waals surface area contributed by atoms with Crippen molar-refractivity contribution in [2.45, 2.75) is 38.8 Å². The Kier molecular flexibility index (Phi) is 4.48. The van der Waals surface area contributed by atoms with Crippen LogP contribution >= 0.6 is 0 Å². The summed E-state index contributed by atoms with van der Waals surface area (Å²) >= 11 is 0. The summed E-state index contributed by atoms with van der Waals surface area (Å²) in [6.07, 6.45) is 3.10. The number of halogens is 1. The van der Waals surface area contributed by atoms with Gasteiger partial charge < -0.3 is 15.5 Å². The summed E-state index contributed by atoms with van der Waals surface area (Å²) in [5, 5.41) is 10.4. The van der Waals surface area contributed by atoms with Gasteiger partial charge in [-0.25, -0.2) is 14.4 Å². The highest BCUT2D eigenvalue weighted by molar-refractivity contribution is 6.03. The molecule has 1 saturated carbocycles. The third kappa shape index (κ3) is 3.68. The van der Waals surface area contributed by atoms with Crippen LogP contribution < -0.4 is 15.5 Å². The number of alkyl halides is 1. The lowest BCUT2D eigenvalue weighted by Crippen LogP contribution is -2.27. The van der Waals surface area contributed by atoms with Crippen molar-refractivity contribution in [2.75, 3.05) is 22.6 Å². The first-order chi connectivity index (χ1) is 17.4. The summed E-state index contributed by atoms with van der Waals surface area (Å²) in [7, 11) is 3.78. The van der Waals surface area contributed by atoms with Gasteiger partial charge in [0.2, 0.25) is 5.91 Å². The van der Waals surface area contributed by atoms with Crippen molar-refractivity contribution in [3.05, 3.63) is 41.9 Å². The molecule has 3 atom stereocenters. The van der Waals surface area contributed by atoms with Gasteiger partial charge in [0.1, 0.15) is 12.0 Å². The Hall–Kier alpha value is -3.82. The van der Waals surface area contributed by atoms with Gasteiger partial charge in [-0.05, 0) is 19.4 Å². The number of rotatable bonds is 6. The monoisotopic (exact) mass is 466 g/mol. The zero-order chi connectivity index (χ0) is 26.6. The Balaban J connectivity index is 1.55. The van der Waals surface area contributed by atoms with E-state index < -0.39 is 37.1 Å². The number of aryl methyl sites for hydroxylation is 1. The topological polar surface area (TPSA) is 105 Å². The Morgan fingerprint density at radius 2 is 2.12 bits per heavy atom. The standard InChI is InChI=1S/C24H26FN7O2/c1-5-19(33)15-10-27-20(29-24(34)14-8-17(14)25)9-18(15)28-23-22-13(6-7-26-23)21-16(11-31(3)30-21)12(2)32(22)4/h6-7,9-12,14,17H,5,8H2,1-4H3,(H2,26,27,28,29,34)/t12-,14+,17-/m1/s1/i1D3. The number of ketones is 1. The molecule has 3 aromatic rings. The zero-order valence-corrected chi connectivity index (χ0v) is 19.0. The van der Waals surface area contributed by atoms with E-state index in [1.807, 2.05) is 38.2 Å². The maximum absolute atomic E-state index is 13.3. The summed E-state index contributed by atoms with van der Waals surface area (Å²) in [6.45, 7) is -0.430. The molecule has 0 spiro atoms. The number of Topliss-reactive ketones (excluding diaryl/α,β-unsaturated/α-hetero) is 1. The van der Waals surface area contributed by atoms with Crippen LogP contribution in [-0.2, 0) is 11.8 Å². The number of pyridine rings is 2. The van der Waals surface area contributed by atoms with Crippen molar-refractivity contribution in [3.63, 3.8) is 0 Å². The van der Waals surface area contributed by atoms with Crippen molar-refractivity contribution >= 4 is 34.7 Å². The first kappa shape index (κ1) is 18.6. The maximum atomic E-state index is 13.3. The molecule has 3 aromatic heterocycles. The van der Waals surface area contributed by atoms with Crippen LogP contribution in [0.3, 0.4) is 0 Å². The molecule has 176 valence electrons. The molecule has 4 heterocycles. The minimum absolute atomic E-state index is 0.0166. The molecule has 1 fully saturated rings. The third-order valence-corrected chi connectivity index (χ3v) is 6.34. The van der Waals surface area contributed by atoms with Gasteiger partial charge in [0.15, 0.2) is 11.6 Å². The summed E-state index contributed by atoms with van der Waals surface area (Å²) in [6, 6.07) is 3.27. The Morgan fingerprint density at radius 3 is 2.85 bits per heavy atom. The van der Waals surface area contributed by atoms with Crippen molar-refractivity contribution < 1.29 is 18.1 Å². The minimum atomic E-state index is -2.47. The molecule has 9 nitrogen and oxygen atoms in total. The molecule has 1 aliphatic carbocycles. The number of carbonyl (C=O) groups is 2. The molecule has 1 amide bonds. The zero-order valence-electron chi connectivity index (χ0n) is 22.0. The Labute approximate surface area is 200 Å². The fraction of sp³-hybridized carbons (Fsp3) is 0.375. The van der Waals surface area contributed by atoms with E-state index in [1.54, 1.807) is 10.9 Å². The van der Waals surface area contributed by atoms with E-state index >= 15 is 0 Å². The predicted molar refractivity (Wildman–Crippen MR) is 127 cm³/mol. The molecule has 2 aliphatic rings. The predicted octanol–water partition coefficient (Wildman–Crippen LogP) is 4.02. The highest BCUT2D eigenvalue weighted by atomic mass is 19.1. The summed E-state index contributed by atoms with van der Waals surface area (Å²) in [5.41, 5.74) is 3.73. The van der Waals surface area contributed by atoms with Gasteiger partial charge >= 0.3 is 0 Å². The van der Waals surface area contributed by atoms with Crippen LogP contribution in [0.4, 0.5) is 27.4 Å². The van der Waals surface area contributed by atoms with Gasteiger partial charge in [-0.15, -0.1) is 0 Å². The lowest BCUT2D eigenvalue weighted by Gasteiger charge is -2.34. The molecule has 0 saturated heterocycles. The van der Waals surface area contributed by atoms with Crippen LogP contribution in [-0.4, -0.2) is 44.7 Å².